The predicted molar refractivity (Wildman–Crippen MR) is 91.7 cm³/mol. The number of hydrogen-bond acceptors (Lipinski definition) is 0. The van der Waals surface area contributed by atoms with Crippen molar-refractivity contribution in [2.24, 2.45) is 0 Å². The van der Waals surface area contributed by atoms with Gasteiger partial charge in [0.1, 0.15) is 0 Å². The Hall–Kier alpha value is -1.74. The van der Waals surface area contributed by atoms with Gasteiger partial charge in [-0.05, 0) is 0 Å². The summed E-state index contributed by atoms with van der Waals surface area (Å²) in [5.74, 6) is 0. The Bertz CT molecular complexity index is 869. The van der Waals surface area contributed by atoms with Gasteiger partial charge in [0.05, 0.1) is 0 Å². The average molecular weight is 262 g/mol. The molecule has 21 heavy (non-hydrogen) atoms. The third-order valence-electron chi connectivity index (χ3n) is 4.48. The van der Waals surface area contributed by atoms with E-state index in [1.165, 1.54) is 38.6 Å². The first-order valence-corrected chi connectivity index (χ1v) is 7.55. The fourth-order valence-corrected chi connectivity index (χ4v) is 3.42. The number of fused-ring (bicyclic) bond motifs is 2. The summed E-state index contributed by atoms with van der Waals surface area (Å²) in [6, 6.07) is 19.9. The second-order valence-corrected chi connectivity index (χ2v) is 5.99. The van der Waals surface area contributed by atoms with Gasteiger partial charge in [-0.25, -0.2) is 0 Å². The van der Waals surface area contributed by atoms with Gasteiger partial charge in [-0.1, -0.05) is 0 Å². The maximum absolute atomic E-state index is 2.33. The van der Waals surface area contributed by atoms with Crippen LogP contribution < -0.4 is 0 Å². The summed E-state index contributed by atoms with van der Waals surface area (Å²) in [6.07, 6.45) is 4.59. The molecule has 0 bridgehead atoms. The van der Waals surface area contributed by atoms with Crippen molar-refractivity contribution in [3.05, 3.63) is 77.4 Å². The van der Waals surface area contributed by atoms with Crippen LogP contribution in [0.3, 0.4) is 0 Å². The molecule has 3 aromatic rings. The van der Waals surface area contributed by atoms with Gasteiger partial charge in [0.2, 0.25) is 0 Å². The third kappa shape index (κ3) is 2.07. The van der Waals surface area contributed by atoms with E-state index in [1.807, 2.05) is 0 Å². The Morgan fingerprint density at radius 3 is 2.62 bits per heavy atom. The van der Waals surface area contributed by atoms with E-state index < -0.39 is 0 Å². The van der Waals surface area contributed by atoms with E-state index >= 15 is 0 Å². The molecule has 1 aliphatic rings. The zero-order valence-electron chi connectivity index (χ0n) is 12.4. The zero-order chi connectivity index (χ0) is 14.4. The molecular formula is C20H15Li. The summed E-state index contributed by atoms with van der Waals surface area (Å²) in [4.78, 5) is 0. The first-order chi connectivity index (χ1) is 10.2. The molecule has 0 fully saturated rings. The number of benzene rings is 3. The van der Waals surface area contributed by atoms with E-state index in [0.29, 0.717) is 4.59 Å². The van der Waals surface area contributed by atoms with E-state index in [0.717, 1.165) is 0 Å². The molecular weight excluding hydrogens is 247 g/mol. The van der Waals surface area contributed by atoms with Crippen LogP contribution in [-0.2, 0) is 0 Å². The van der Waals surface area contributed by atoms with Crippen LogP contribution in [0.5, 0.6) is 0 Å². The van der Waals surface area contributed by atoms with Crippen molar-refractivity contribution < 1.29 is 0 Å². The summed E-state index contributed by atoms with van der Waals surface area (Å²) in [5, 5.41) is 2.64. The van der Waals surface area contributed by atoms with Crippen molar-refractivity contribution >= 4 is 34.6 Å². The van der Waals surface area contributed by atoms with E-state index in [9.17, 15) is 0 Å². The molecule has 3 aromatic carbocycles. The van der Waals surface area contributed by atoms with Gasteiger partial charge in [0, 0.05) is 0 Å². The SMILES string of the molecule is [Li][CH]1C=Cc2c(-c3cccc4ccccc34)cc(C)cc21. The van der Waals surface area contributed by atoms with Crippen molar-refractivity contribution in [1.82, 2.24) is 0 Å². The Kier molecular flexibility index (Phi) is 3.03. The Balaban J connectivity index is 2.07. The average Bonchev–Trinajstić information content (AvgIpc) is 2.87. The minimum absolute atomic E-state index is 0.522. The second-order valence-electron chi connectivity index (χ2n) is 5.99. The van der Waals surface area contributed by atoms with E-state index in [4.69, 9.17) is 0 Å². The number of aryl methyl sites for hydroxylation is 1. The van der Waals surface area contributed by atoms with Crippen LogP contribution in [-0.4, -0.2) is 17.7 Å². The van der Waals surface area contributed by atoms with Crippen LogP contribution in [0.15, 0.2) is 60.7 Å². The molecule has 1 aliphatic carbocycles. The van der Waals surface area contributed by atoms with Crippen molar-refractivity contribution in [3.8, 4) is 11.1 Å². The van der Waals surface area contributed by atoms with Gasteiger partial charge in [0.25, 0.3) is 0 Å². The molecule has 0 radical (unpaired) electrons. The molecule has 0 aromatic heterocycles. The van der Waals surface area contributed by atoms with Crippen molar-refractivity contribution in [3.63, 3.8) is 0 Å². The summed E-state index contributed by atoms with van der Waals surface area (Å²) in [7, 11) is 0. The standard InChI is InChI=1S/C20H15.Li/c1-14-12-16-8-5-10-18(16)20(13-14)19-11-4-7-15-6-2-3-9-17(15)19;/h2-13H,1H3;. The molecule has 0 amide bonds. The van der Waals surface area contributed by atoms with Gasteiger partial charge in [-0.15, -0.1) is 0 Å². The van der Waals surface area contributed by atoms with Crippen molar-refractivity contribution in [2.45, 2.75) is 11.5 Å². The predicted octanol–water partition coefficient (Wildman–Crippen LogP) is 5.05. The van der Waals surface area contributed by atoms with Crippen molar-refractivity contribution in [1.29, 1.82) is 0 Å². The molecule has 0 aliphatic heterocycles. The van der Waals surface area contributed by atoms with E-state index in [-0.39, 0.29) is 0 Å². The van der Waals surface area contributed by atoms with Crippen LogP contribution >= 0.6 is 0 Å². The molecule has 0 saturated heterocycles. The van der Waals surface area contributed by atoms with Gasteiger partial charge in [0.15, 0.2) is 0 Å². The van der Waals surface area contributed by atoms with Gasteiger partial charge >= 0.3 is 135 Å². The molecule has 96 valence electrons. The van der Waals surface area contributed by atoms with Gasteiger partial charge in [-0.3, -0.25) is 0 Å². The zero-order valence-corrected chi connectivity index (χ0v) is 12.4. The van der Waals surface area contributed by atoms with E-state index in [2.05, 4.69) is 91.4 Å². The summed E-state index contributed by atoms with van der Waals surface area (Å²) in [6.45, 7) is 2.19. The number of rotatable bonds is 1. The van der Waals surface area contributed by atoms with Gasteiger partial charge < -0.3 is 0 Å². The summed E-state index contributed by atoms with van der Waals surface area (Å²) in [5.41, 5.74) is 6.89. The van der Waals surface area contributed by atoms with Crippen LogP contribution in [0.4, 0.5) is 0 Å². The van der Waals surface area contributed by atoms with Crippen LogP contribution in [0, 0.1) is 6.92 Å². The molecule has 1 unspecified atom stereocenters. The molecule has 1 atom stereocenters. The first kappa shape index (κ1) is 13.0. The fraction of sp³-hybridized carbons (Fsp3) is 0.100. The Morgan fingerprint density at radius 1 is 0.905 bits per heavy atom. The first-order valence-electron chi connectivity index (χ1n) is 7.55. The number of allylic oxidation sites excluding steroid dienone is 1. The maximum atomic E-state index is 2.33. The quantitative estimate of drug-likeness (QED) is 0.538. The molecule has 0 N–H and O–H groups in total. The van der Waals surface area contributed by atoms with Crippen LogP contribution in [0.25, 0.3) is 28.0 Å². The minimum atomic E-state index is 0.522. The molecule has 1 heteroatoms. The van der Waals surface area contributed by atoms with E-state index in [1.54, 1.807) is 0 Å². The Labute approximate surface area is 134 Å². The molecule has 4 rings (SSSR count). The van der Waals surface area contributed by atoms with Crippen LogP contribution in [0.1, 0.15) is 21.3 Å². The second kappa shape index (κ2) is 4.92. The monoisotopic (exact) mass is 262 g/mol. The van der Waals surface area contributed by atoms with Gasteiger partial charge in [-0.2, -0.15) is 0 Å². The summed E-state index contributed by atoms with van der Waals surface area (Å²) >= 11 is 2.27. The van der Waals surface area contributed by atoms with Crippen molar-refractivity contribution in [2.75, 3.05) is 0 Å². The third-order valence-corrected chi connectivity index (χ3v) is 4.48. The molecule has 0 heterocycles. The Morgan fingerprint density at radius 2 is 1.71 bits per heavy atom. The topological polar surface area (TPSA) is 0 Å². The molecule has 0 nitrogen and oxygen atoms in total. The molecule has 0 spiro atoms. The number of hydrogen-bond donors (Lipinski definition) is 0. The summed E-state index contributed by atoms with van der Waals surface area (Å²) < 4.78 is 0.522. The normalized spacial score (nSPS) is 16.4. The molecule has 0 saturated carbocycles. The van der Waals surface area contributed by atoms with Crippen LogP contribution in [0.2, 0.25) is 0 Å². The fourth-order valence-electron chi connectivity index (χ4n) is 3.42.